The number of carbonyl (C=O) groups is 2. The third-order valence-electron chi connectivity index (χ3n) is 6.48. The lowest BCUT2D eigenvalue weighted by Gasteiger charge is -2.45. The van der Waals surface area contributed by atoms with Gasteiger partial charge in [0.05, 0.1) is 12.3 Å². The highest BCUT2D eigenvalue weighted by Gasteiger charge is 2.50. The lowest BCUT2D eigenvalue weighted by Crippen LogP contribution is -2.65. The third-order valence-corrected chi connectivity index (χ3v) is 6.48. The number of carbonyl (C=O) groups excluding carboxylic acids is 2. The number of aliphatic hydroxyl groups excluding tert-OH is 4. The number of ether oxygens (including phenoxy) is 3. The van der Waals surface area contributed by atoms with Gasteiger partial charge in [-0.1, -0.05) is 24.3 Å². The van der Waals surface area contributed by atoms with E-state index in [2.05, 4.69) is 0 Å². The van der Waals surface area contributed by atoms with Crippen LogP contribution in [0.15, 0.2) is 36.4 Å². The van der Waals surface area contributed by atoms with E-state index in [1.54, 1.807) is 6.07 Å². The SMILES string of the molecule is O=C1C(=O)N([C@@H]2O[C@H](CO)[C@@H](O)[C@H](O)[C@H]2O)c2cc3ccccc3c3c4c(cc1c23)OCO4. The van der Waals surface area contributed by atoms with Crippen LogP contribution in [0, 0.1) is 0 Å². The zero-order valence-electron chi connectivity index (χ0n) is 17.0. The first-order valence-corrected chi connectivity index (χ1v) is 10.4. The van der Waals surface area contributed by atoms with Crippen LogP contribution in [0.4, 0.5) is 5.69 Å². The average molecular weight is 453 g/mol. The van der Waals surface area contributed by atoms with Gasteiger partial charge in [-0.05, 0) is 22.9 Å². The summed E-state index contributed by atoms with van der Waals surface area (Å²) in [4.78, 5) is 27.5. The van der Waals surface area contributed by atoms with Crippen LogP contribution < -0.4 is 14.4 Å². The van der Waals surface area contributed by atoms with Gasteiger partial charge in [0, 0.05) is 16.3 Å². The van der Waals surface area contributed by atoms with Gasteiger partial charge in [0.2, 0.25) is 6.79 Å². The Labute approximate surface area is 186 Å². The Morgan fingerprint density at radius 3 is 2.55 bits per heavy atom. The molecule has 0 aliphatic carbocycles. The lowest BCUT2D eigenvalue weighted by molar-refractivity contribution is -0.228. The Bertz CT molecular complexity index is 1340. The van der Waals surface area contributed by atoms with Gasteiger partial charge in [-0.2, -0.15) is 0 Å². The first kappa shape index (κ1) is 20.3. The van der Waals surface area contributed by atoms with Crippen molar-refractivity contribution in [3.63, 3.8) is 0 Å². The van der Waals surface area contributed by atoms with Gasteiger partial charge < -0.3 is 34.6 Å². The highest BCUT2D eigenvalue weighted by molar-refractivity contribution is 6.53. The number of aliphatic hydroxyl groups is 4. The van der Waals surface area contributed by atoms with E-state index < -0.39 is 48.9 Å². The minimum absolute atomic E-state index is 0.0367. The van der Waals surface area contributed by atoms with Crippen LogP contribution in [0.25, 0.3) is 21.5 Å². The molecule has 0 unspecified atom stereocenters. The van der Waals surface area contributed by atoms with Gasteiger partial charge in [-0.3, -0.25) is 14.5 Å². The molecule has 0 spiro atoms. The maximum Gasteiger partial charge on any atom is 0.301 e. The molecule has 3 aliphatic heterocycles. The molecule has 3 aromatic carbocycles. The number of nitrogens with zero attached hydrogens (tertiary/aromatic N) is 1. The van der Waals surface area contributed by atoms with Crippen molar-refractivity contribution < 1.29 is 44.2 Å². The van der Waals surface area contributed by atoms with Crippen LogP contribution in [0.3, 0.4) is 0 Å². The van der Waals surface area contributed by atoms with Gasteiger partial charge in [0.15, 0.2) is 17.7 Å². The molecule has 1 amide bonds. The second-order valence-corrected chi connectivity index (χ2v) is 8.25. The number of amides is 1. The second kappa shape index (κ2) is 7.11. The Kier molecular flexibility index (Phi) is 4.38. The average Bonchev–Trinajstić information content (AvgIpc) is 3.30. The van der Waals surface area contributed by atoms with Gasteiger partial charge in [-0.15, -0.1) is 0 Å². The Balaban J connectivity index is 1.66. The maximum atomic E-state index is 13.3. The van der Waals surface area contributed by atoms with E-state index in [-0.39, 0.29) is 18.0 Å². The lowest BCUT2D eigenvalue weighted by atomic mass is 9.89. The number of fused-ring (bicyclic) bond motifs is 4. The number of benzene rings is 3. The molecule has 1 fully saturated rings. The van der Waals surface area contributed by atoms with E-state index in [0.29, 0.717) is 22.3 Å². The van der Waals surface area contributed by atoms with Gasteiger partial charge in [-0.25, -0.2) is 0 Å². The van der Waals surface area contributed by atoms with Crippen molar-refractivity contribution in [3.05, 3.63) is 42.0 Å². The molecular formula is C23H19NO9. The highest BCUT2D eigenvalue weighted by atomic mass is 16.7. The quantitative estimate of drug-likeness (QED) is 0.312. The number of hydrogen-bond donors (Lipinski definition) is 4. The summed E-state index contributed by atoms with van der Waals surface area (Å²) in [6.07, 6.45) is -7.82. The van der Waals surface area contributed by atoms with Crippen LogP contribution in [-0.4, -0.2) is 76.2 Å². The summed E-state index contributed by atoms with van der Waals surface area (Å²) in [6.45, 7) is -0.704. The molecule has 3 aromatic rings. The van der Waals surface area contributed by atoms with Crippen molar-refractivity contribution >= 4 is 38.9 Å². The minimum atomic E-state index is -1.74. The van der Waals surface area contributed by atoms with Crippen LogP contribution in [0.1, 0.15) is 10.4 Å². The minimum Gasteiger partial charge on any atom is -0.454 e. The van der Waals surface area contributed by atoms with Crippen LogP contribution in [-0.2, 0) is 9.53 Å². The van der Waals surface area contributed by atoms with Crippen LogP contribution >= 0.6 is 0 Å². The van der Waals surface area contributed by atoms with Gasteiger partial charge in [0.1, 0.15) is 24.4 Å². The zero-order valence-corrected chi connectivity index (χ0v) is 17.0. The van der Waals surface area contributed by atoms with Crippen molar-refractivity contribution in [2.45, 2.75) is 30.6 Å². The van der Waals surface area contributed by atoms with E-state index in [1.807, 2.05) is 24.3 Å². The number of hydrogen-bond acceptors (Lipinski definition) is 9. The Morgan fingerprint density at radius 1 is 0.970 bits per heavy atom. The largest absolute Gasteiger partial charge is 0.454 e. The number of anilines is 1. The van der Waals surface area contributed by atoms with E-state index in [0.717, 1.165) is 15.7 Å². The smallest absolute Gasteiger partial charge is 0.301 e. The molecule has 0 aromatic heterocycles. The Hall–Kier alpha value is -3.28. The molecule has 4 N–H and O–H groups in total. The number of ketones is 1. The van der Waals surface area contributed by atoms with Crippen molar-refractivity contribution in [3.8, 4) is 11.5 Å². The fourth-order valence-corrected chi connectivity index (χ4v) is 4.89. The molecule has 1 saturated heterocycles. The highest BCUT2D eigenvalue weighted by Crippen LogP contribution is 2.50. The summed E-state index contributed by atoms with van der Waals surface area (Å²) in [7, 11) is 0. The fourth-order valence-electron chi connectivity index (χ4n) is 4.89. The molecule has 0 radical (unpaired) electrons. The molecule has 10 heteroatoms. The van der Waals surface area contributed by atoms with Crippen molar-refractivity contribution in [1.82, 2.24) is 0 Å². The fraction of sp³-hybridized carbons (Fsp3) is 0.304. The normalized spacial score (nSPS) is 28.7. The monoisotopic (exact) mass is 453 g/mol. The summed E-state index contributed by atoms with van der Waals surface area (Å²) in [5.74, 6) is -1.05. The molecule has 0 bridgehead atoms. The summed E-state index contributed by atoms with van der Waals surface area (Å²) in [5, 5.41) is 43.2. The molecular weight excluding hydrogens is 434 g/mol. The van der Waals surface area contributed by atoms with E-state index in [4.69, 9.17) is 14.2 Å². The first-order chi connectivity index (χ1) is 15.9. The van der Waals surface area contributed by atoms with E-state index in [1.165, 1.54) is 6.07 Å². The standard InChI is InChI=1S/C23H19NO9/c25-7-14-18(27)19(28)20(29)23(33-14)24-12-5-9-3-1-2-4-10(9)16-15(12)11(17(26)22(24)30)6-13-21(16)32-8-31-13/h1-6,14,18-20,23,25,27-29H,7-8H2/t14-,18-,19+,20-,23-/m1/s1. The zero-order chi connectivity index (χ0) is 23.0. The third kappa shape index (κ3) is 2.66. The first-order valence-electron chi connectivity index (χ1n) is 10.4. The van der Waals surface area contributed by atoms with Crippen molar-refractivity contribution in [2.24, 2.45) is 0 Å². The topological polar surface area (TPSA) is 146 Å². The molecule has 170 valence electrons. The summed E-state index contributed by atoms with van der Waals surface area (Å²) in [5.41, 5.74) is 0.395. The summed E-state index contributed by atoms with van der Waals surface area (Å²) >= 11 is 0. The maximum absolute atomic E-state index is 13.3. The number of rotatable bonds is 2. The van der Waals surface area contributed by atoms with Crippen LogP contribution in [0.2, 0.25) is 0 Å². The molecule has 0 saturated carbocycles. The van der Waals surface area contributed by atoms with Crippen LogP contribution in [0.5, 0.6) is 11.5 Å². The predicted octanol–water partition coefficient (Wildman–Crippen LogP) is 0.0509. The summed E-state index contributed by atoms with van der Waals surface area (Å²) < 4.78 is 16.8. The number of Topliss-reactive ketones (excluding diaryl/α,β-unsaturated/α-hetero) is 1. The van der Waals surface area contributed by atoms with E-state index >= 15 is 0 Å². The predicted molar refractivity (Wildman–Crippen MR) is 113 cm³/mol. The molecule has 33 heavy (non-hydrogen) atoms. The summed E-state index contributed by atoms with van der Waals surface area (Å²) in [6, 6.07) is 10.5. The van der Waals surface area contributed by atoms with Crippen molar-refractivity contribution in [1.29, 1.82) is 0 Å². The molecule has 5 atom stereocenters. The van der Waals surface area contributed by atoms with Gasteiger partial charge in [0.25, 0.3) is 5.78 Å². The van der Waals surface area contributed by atoms with Crippen molar-refractivity contribution in [2.75, 3.05) is 18.3 Å². The molecule has 10 nitrogen and oxygen atoms in total. The van der Waals surface area contributed by atoms with E-state index in [9.17, 15) is 30.0 Å². The second-order valence-electron chi connectivity index (χ2n) is 8.25. The molecule has 3 aliphatic rings. The Morgan fingerprint density at radius 2 is 1.76 bits per heavy atom. The molecule has 6 rings (SSSR count). The molecule has 3 heterocycles. The van der Waals surface area contributed by atoms with Gasteiger partial charge >= 0.3 is 5.91 Å².